The maximum Gasteiger partial charge on any atom is 1.00 e. The van der Waals surface area contributed by atoms with Crippen LogP contribution < -0.4 is 63.7 Å². The summed E-state index contributed by atoms with van der Waals surface area (Å²) in [6.07, 6.45) is 0. The standard InChI is InChI=1S/2C37H31P3.2C6F5.4Au/c2*1-7-19-31(20-8-1)38(32-21-9-2-10-22-32)37(39(33-23-11-3-12-24-33)34-25-13-4-14-26-34)40(35-27-15-5-16-28-35)36-29-17-6-18-30-36;2*7-2-1-3(8)5(10)6(11)4(2)9;;;;/h2*1-30,38H;;;;;;/q;;2*-1;;;2*+1. The minimum absolute atomic E-state index is 0. The summed E-state index contributed by atoms with van der Waals surface area (Å²) in [5.41, 5.74) is 0. The Morgan fingerprint density at radius 3 is 0.443 bits per heavy atom. The first-order chi connectivity index (χ1) is 49.9. The summed E-state index contributed by atoms with van der Waals surface area (Å²) in [6, 6.07) is 137. The van der Waals surface area contributed by atoms with Gasteiger partial charge in [0.1, 0.15) is 0 Å². The molecule has 0 bridgehead atoms. The maximum atomic E-state index is 12.0. The molecule has 0 saturated carbocycles. The maximum absolute atomic E-state index is 12.0. The first kappa shape index (κ1) is 86.9. The SMILES string of the molecule is Fc1[c-]c(F)c(F)c(F)c1F.Fc1[c-]c(F)c(F)c(F)c1F.[Au+].[Au+].[Au].[Au].c1ccc(P(C(P(c2ccccc2)c2ccccc2)=[PH](c2ccccc2)c2ccccc2)c2ccccc2)cc1.c1ccc(P(C(P(c2ccccc2)c2ccccc2)=[PH](c2ccccc2)c2ccccc2)c2ccccc2)cc1. The van der Waals surface area contributed by atoms with Gasteiger partial charge in [0.25, 0.3) is 0 Å². The minimum Gasteiger partial charge on any atom is -0.278 e. The van der Waals surface area contributed by atoms with E-state index in [4.69, 9.17) is 0 Å². The van der Waals surface area contributed by atoms with E-state index in [0.29, 0.717) is 0 Å². The van der Waals surface area contributed by atoms with Crippen LogP contribution in [0.1, 0.15) is 0 Å². The van der Waals surface area contributed by atoms with Gasteiger partial charge in [-0.25, -0.2) is 26.3 Å². The van der Waals surface area contributed by atoms with Crippen molar-refractivity contribution in [2.75, 3.05) is 0 Å². The molecule has 14 aromatic carbocycles. The third kappa shape index (κ3) is 22.4. The molecule has 0 N–H and O–H groups in total. The first-order valence-electron chi connectivity index (χ1n) is 32.0. The molecule has 0 aliphatic rings. The second kappa shape index (κ2) is 44.4. The van der Waals surface area contributed by atoms with Gasteiger partial charge in [-0.3, -0.25) is 17.6 Å². The van der Waals surface area contributed by atoms with Crippen LogP contribution in [0.3, 0.4) is 0 Å². The fourth-order valence-corrected chi connectivity index (χ4v) is 36.0. The number of hydrogen-bond donors (Lipinski definition) is 0. The molecule has 2 radical (unpaired) electrons. The summed E-state index contributed by atoms with van der Waals surface area (Å²) in [6.45, 7) is 0. The van der Waals surface area contributed by atoms with E-state index in [-0.39, 0.29) is 89.5 Å². The Hall–Kier alpha value is -6.34. The Morgan fingerprint density at radius 2 is 0.311 bits per heavy atom. The zero-order valence-corrected chi connectivity index (χ0v) is 69.7. The van der Waals surface area contributed by atoms with E-state index >= 15 is 0 Å². The van der Waals surface area contributed by atoms with Crippen molar-refractivity contribution in [2.45, 2.75) is 0 Å². The molecular weight excluding hydrogens is 2200 g/mol. The van der Waals surface area contributed by atoms with Crippen LogP contribution >= 0.6 is 46.8 Å². The molecule has 0 aliphatic carbocycles. The van der Waals surface area contributed by atoms with Gasteiger partial charge in [-0.1, -0.05) is 379 Å². The van der Waals surface area contributed by atoms with Gasteiger partial charge in [0, 0.05) is 44.8 Å². The quantitative estimate of drug-likeness (QED) is 0.0226. The molecule has 0 amide bonds. The summed E-state index contributed by atoms with van der Waals surface area (Å²) in [5.74, 6) is -20.1. The third-order valence-corrected chi connectivity index (χ3v) is 36.2. The van der Waals surface area contributed by atoms with Crippen LogP contribution in [-0.4, -0.2) is 9.55 Å². The van der Waals surface area contributed by atoms with Crippen molar-refractivity contribution in [1.29, 1.82) is 0 Å². The number of rotatable bonds is 16. The van der Waals surface area contributed by atoms with Crippen LogP contribution in [0.15, 0.2) is 364 Å². The molecule has 0 saturated heterocycles. The predicted molar refractivity (Wildman–Crippen MR) is 417 cm³/mol. The monoisotopic (exact) mass is 2260 g/mol. The van der Waals surface area contributed by atoms with Crippen LogP contribution in [0, 0.1) is 70.3 Å². The van der Waals surface area contributed by atoms with Crippen molar-refractivity contribution in [3.05, 3.63) is 434 Å². The molecule has 14 aromatic rings. The fraction of sp³-hybridized carbons (Fsp3) is 0. The number of halogens is 10. The fourth-order valence-electron chi connectivity index (χ4n) is 11.1. The molecule has 0 heterocycles. The van der Waals surface area contributed by atoms with E-state index in [1.54, 1.807) is 9.55 Å². The Bertz CT molecular complexity index is 4250. The van der Waals surface area contributed by atoms with E-state index in [9.17, 15) is 43.9 Å². The molecule has 0 nitrogen and oxygen atoms in total. The second-order valence-electron chi connectivity index (χ2n) is 22.3. The first-order valence-corrected chi connectivity index (χ1v) is 40.4. The molecule has 0 unspecified atom stereocenters. The van der Waals surface area contributed by atoms with Gasteiger partial charge in [0.2, 0.25) is 0 Å². The Kier molecular flexibility index (Phi) is 36.4. The van der Waals surface area contributed by atoms with Crippen molar-refractivity contribution < 1.29 is 133 Å². The molecule has 106 heavy (non-hydrogen) atoms. The van der Waals surface area contributed by atoms with Gasteiger partial charge in [0.05, 0.1) is 58.2 Å². The average molecular weight is 2260 g/mol. The number of hydrogen-bond acceptors (Lipinski definition) is 0. The molecule has 0 aliphatic heterocycles. The molecule has 0 fully saturated rings. The number of benzene rings is 14. The molecule has 550 valence electrons. The Balaban J connectivity index is 0.000000223. The van der Waals surface area contributed by atoms with E-state index in [1.807, 2.05) is 0 Å². The summed E-state index contributed by atoms with van der Waals surface area (Å²) in [4.78, 5) is 0. The van der Waals surface area contributed by atoms with Gasteiger partial charge in [0.15, 0.2) is 0 Å². The molecule has 0 atom stereocenters. The van der Waals surface area contributed by atoms with Crippen molar-refractivity contribution in [3.8, 4) is 0 Å². The van der Waals surface area contributed by atoms with Gasteiger partial charge in [-0.15, -0.1) is 12.1 Å². The van der Waals surface area contributed by atoms with E-state index in [0.717, 1.165) is 12.1 Å². The average Bonchev–Trinajstić information content (AvgIpc) is 0.764. The van der Waals surface area contributed by atoms with Crippen LogP contribution in [0.25, 0.3) is 0 Å². The topological polar surface area (TPSA) is 0 Å². The van der Waals surface area contributed by atoms with Crippen molar-refractivity contribution >= 4 is 120 Å². The summed E-state index contributed by atoms with van der Waals surface area (Å²) >= 11 is 0. The zero-order valence-electron chi connectivity index (χ0n) is 55.4. The molecule has 20 heteroatoms. The Labute approximate surface area is 681 Å². The normalized spacial score (nSPS) is 10.6. The van der Waals surface area contributed by atoms with Gasteiger partial charge in [-0.05, 0) is 105 Å². The van der Waals surface area contributed by atoms with Gasteiger partial charge < -0.3 is 0 Å². The van der Waals surface area contributed by atoms with Crippen molar-refractivity contribution in [3.63, 3.8) is 0 Å². The summed E-state index contributed by atoms with van der Waals surface area (Å²) in [5, 5.41) is 17.0. The molecule has 14 rings (SSSR count). The van der Waals surface area contributed by atoms with Crippen molar-refractivity contribution in [2.24, 2.45) is 0 Å². The Morgan fingerprint density at radius 1 is 0.189 bits per heavy atom. The zero-order chi connectivity index (χ0) is 71.2. The largest absolute Gasteiger partial charge is 1.00 e. The van der Waals surface area contributed by atoms with Crippen LogP contribution in [-0.2, 0) is 89.5 Å². The molecule has 0 spiro atoms. The van der Waals surface area contributed by atoms with Crippen molar-refractivity contribution in [1.82, 2.24) is 0 Å². The van der Waals surface area contributed by atoms with E-state index in [1.165, 1.54) is 63.7 Å². The van der Waals surface area contributed by atoms with E-state index in [2.05, 4.69) is 364 Å². The van der Waals surface area contributed by atoms with Crippen LogP contribution in [0.5, 0.6) is 0 Å². The minimum atomic E-state index is -2.17. The van der Waals surface area contributed by atoms with Gasteiger partial charge in [-0.2, -0.15) is 0 Å². The molecule has 0 aromatic heterocycles. The predicted octanol–water partition coefficient (Wildman–Crippen LogP) is 18.8. The van der Waals surface area contributed by atoms with Crippen LogP contribution in [0.4, 0.5) is 43.9 Å². The van der Waals surface area contributed by atoms with Gasteiger partial charge >= 0.3 is 44.8 Å². The summed E-state index contributed by atoms with van der Waals surface area (Å²) in [7, 11) is -5.89. The summed E-state index contributed by atoms with van der Waals surface area (Å²) < 4.78 is 123. The van der Waals surface area contributed by atoms with Crippen LogP contribution in [0.2, 0.25) is 0 Å². The molecular formula is C86H62Au4F10P6. The van der Waals surface area contributed by atoms with E-state index < -0.39 is 105 Å². The smallest absolute Gasteiger partial charge is 0.278 e. The second-order valence-corrected chi connectivity index (χ2v) is 38.1. The third-order valence-electron chi connectivity index (χ3n) is 15.6.